The predicted molar refractivity (Wildman–Crippen MR) is 129 cm³/mol. The Hall–Kier alpha value is -4.67. The molecular formula is C26H18F3N5O3. The van der Waals surface area contributed by atoms with Crippen LogP contribution in [0.25, 0.3) is 22.6 Å². The molecule has 4 heterocycles. The molecule has 1 fully saturated rings. The summed E-state index contributed by atoms with van der Waals surface area (Å²) in [5, 5.41) is 2.81. The number of rotatable bonds is 3. The summed E-state index contributed by atoms with van der Waals surface area (Å²) in [6.45, 7) is 0.426. The number of benzene rings is 2. The zero-order valence-electron chi connectivity index (χ0n) is 19.1. The number of aromatic nitrogens is 2. The van der Waals surface area contributed by atoms with Gasteiger partial charge < -0.3 is 14.6 Å². The molecule has 0 radical (unpaired) electrons. The molecule has 0 saturated carbocycles. The second-order valence-corrected chi connectivity index (χ2v) is 8.73. The molecule has 186 valence electrons. The number of Topliss-reactive ketones (excluding diaryl/α,β-unsaturated/α-hetero) is 1. The number of oxazole rings is 1. The van der Waals surface area contributed by atoms with E-state index in [1.54, 1.807) is 42.6 Å². The van der Waals surface area contributed by atoms with Crippen LogP contribution in [0.2, 0.25) is 0 Å². The molecule has 2 bridgehead atoms. The van der Waals surface area contributed by atoms with E-state index in [1.165, 1.54) is 23.4 Å². The summed E-state index contributed by atoms with van der Waals surface area (Å²) < 4.78 is 45.1. The summed E-state index contributed by atoms with van der Waals surface area (Å²) in [7, 11) is 0. The van der Waals surface area contributed by atoms with E-state index in [4.69, 9.17) is 4.42 Å². The molecule has 2 aliphatic rings. The fourth-order valence-corrected chi connectivity index (χ4v) is 4.64. The van der Waals surface area contributed by atoms with E-state index < -0.39 is 23.8 Å². The lowest BCUT2D eigenvalue weighted by atomic mass is 10.1. The van der Waals surface area contributed by atoms with Gasteiger partial charge in [0, 0.05) is 23.4 Å². The number of carbonyl (C=O) groups is 2. The predicted octanol–water partition coefficient (Wildman–Crippen LogP) is 5.23. The molecule has 2 aliphatic heterocycles. The molecule has 1 saturated heterocycles. The van der Waals surface area contributed by atoms with Crippen LogP contribution in [-0.4, -0.2) is 40.9 Å². The number of hydrogen-bond donors (Lipinski definition) is 1. The summed E-state index contributed by atoms with van der Waals surface area (Å²) >= 11 is 0. The SMILES string of the molecule is O=C1CN2C[C@H]1N(C(=O)Nc1cccc(-c3cnco3)c1)c1nc(-c3cccc(C(F)(F)F)c3)ccc12. The van der Waals surface area contributed by atoms with Crippen molar-refractivity contribution in [2.24, 2.45) is 0 Å². The largest absolute Gasteiger partial charge is 0.444 e. The third-order valence-corrected chi connectivity index (χ3v) is 6.38. The Kier molecular flexibility index (Phi) is 5.21. The fraction of sp³-hybridized carbons (Fsp3) is 0.154. The minimum Gasteiger partial charge on any atom is -0.444 e. The molecule has 0 unspecified atom stereocenters. The molecule has 0 spiro atoms. The molecule has 0 aliphatic carbocycles. The maximum atomic E-state index is 13.5. The lowest BCUT2D eigenvalue weighted by Crippen LogP contribution is -2.50. The van der Waals surface area contributed by atoms with Crippen molar-refractivity contribution in [1.82, 2.24) is 9.97 Å². The van der Waals surface area contributed by atoms with Crippen molar-refractivity contribution in [3.63, 3.8) is 0 Å². The number of alkyl halides is 3. The zero-order valence-corrected chi connectivity index (χ0v) is 19.1. The lowest BCUT2D eigenvalue weighted by molar-refractivity contribution is -0.137. The van der Waals surface area contributed by atoms with Crippen LogP contribution >= 0.6 is 0 Å². The number of amides is 2. The Labute approximate surface area is 208 Å². The van der Waals surface area contributed by atoms with Gasteiger partial charge in [-0.05, 0) is 36.4 Å². The number of carbonyl (C=O) groups excluding carboxylic acids is 2. The molecule has 2 aromatic heterocycles. The van der Waals surface area contributed by atoms with Crippen LogP contribution in [0.1, 0.15) is 5.56 Å². The molecular weight excluding hydrogens is 487 g/mol. The zero-order chi connectivity index (χ0) is 25.7. The first-order valence-corrected chi connectivity index (χ1v) is 11.3. The van der Waals surface area contributed by atoms with E-state index in [2.05, 4.69) is 15.3 Å². The van der Waals surface area contributed by atoms with Crippen LogP contribution in [0, 0.1) is 0 Å². The van der Waals surface area contributed by atoms with Crippen molar-refractivity contribution < 1.29 is 27.2 Å². The van der Waals surface area contributed by atoms with Crippen LogP contribution in [-0.2, 0) is 11.0 Å². The summed E-state index contributed by atoms with van der Waals surface area (Å²) in [6, 6.07) is 13.7. The number of ketones is 1. The van der Waals surface area contributed by atoms with Crippen molar-refractivity contribution in [3.8, 4) is 22.6 Å². The summed E-state index contributed by atoms with van der Waals surface area (Å²) in [5.74, 6) is 0.582. The minimum absolute atomic E-state index is 0.118. The van der Waals surface area contributed by atoms with Gasteiger partial charge in [-0.3, -0.25) is 9.69 Å². The van der Waals surface area contributed by atoms with E-state index >= 15 is 0 Å². The van der Waals surface area contributed by atoms with Crippen LogP contribution in [0.4, 0.5) is 35.2 Å². The monoisotopic (exact) mass is 505 g/mol. The number of fused-ring (bicyclic) bond motifs is 4. The van der Waals surface area contributed by atoms with E-state index in [-0.39, 0.29) is 29.4 Å². The summed E-state index contributed by atoms with van der Waals surface area (Å²) in [4.78, 5) is 37.9. The first-order chi connectivity index (χ1) is 17.8. The van der Waals surface area contributed by atoms with Crippen molar-refractivity contribution >= 4 is 29.0 Å². The Morgan fingerprint density at radius 2 is 1.86 bits per heavy atom. The van der Waals surface area contributed by atoms with Crippen molar-refractivity contribution in [1.29, 1.82) is 0 Å². The van der Waals surface area contributed by atoms with Gasteiger partial charge in [-0.25, -0.2) is 14.8 Å². The van der Waals surface area contributed by atoms with Crippen LogP contribution in [0.15, 0.2) is 77.7 Å². The average molecular weight is 505 g/mol. The topological polar surface area (TPSA) is 91.6 Å². The van der Waals surface area contributed by atoms with Gasteiger partial charge in [-0.15, -0.1) is 0 Å². The van der Waals surface area contributed by atoms with Gasteiger partial charge in [0.1, 0.15) is 6.04 Å². The minimum atomic E-state index is -4.51. The molecule has 2 amide bonds. The van der Waals surface area contributed by atoms with Gasteiger partial charge in [0.15, 0.2) is 23.8 Å². The normalized spacial score (nSPS) is 16.6. The van der Waals surface area contributed by atoms with E-state index in [1.807, 2.05) is 4.90 Å². The number of pyridine rings is 1. The van der Waals surface area contributed by atoms with Gasteiger partial charge in [0.25, 0.3) is 0 Å². The highest BCUT2D eigenvalue weighted by Crippen LogP contribution is 2.40. The maximum absolute atomic E-state index is 13.5. The smallest absolute Gasteiger partial charge is 0.416 e. The quantitative estimate of drug-likeness (QED) is 0.410. The Morgan fingerprint density at radius 1 is 1.05 bits per heavy atom. The van der Waals surface area contributed by atoms with E-state index in [0.29, 0.717) is 29.2 Å². The highest BCUT2D eigenvalue weighted by atomic mass is 19.4. The Bertz CT molecular complexity index is 1520. The average Bonchev–Trinajstić information content (AvgIpc) is 3.53. The fourth-order valence-electron chi connectivity index (χ4n) is 4.64. The van der Waals surface area contributed by atoms with Crippen molar-refractivity contribution in [2.75, 3.05) is 28.2 Å². The third-order valence-electron chi connectivity index (χ3n) is 6.38. The number of halogens is 3. The second-order valence-electron chi connectivity index (χ2n) is 8.73. The molecule has 1 N–H and O–H groups in total. The molecule has 6 rings (SSSR count). The lowest BCUT2D eigenvalue weighted by Gasteiger charge is -2.34. The van der Waals surface area contributed by atoms with Crippen LogP contribution in [0.3, 0.4) is 0 Å². The maximum Gasteiger partial charge on any atom is 0.416 e. The standard InChI is InChI=1S/C26H18F3N5O3/c27-26(28,29)17-5-1-3-15(9-17)19-7-8-20-24(32-19)34(21-12-33(20)13-22(21)35)25(36)31-18-6-2-4-16(10-18)23-11-30-14-37-23/h1-11,14,21H,12-13H2,(H,31,36)/t21-/m1/s1. The first-order valence-electron chi connectivity index (χ1n) is 11.3. The number of nitrogens with one attached hydrogen (secondary N) is 1. The highest BCUT2D eigenvalue weighted by molar-refractivity contribution is 6.12. The van der Waals surface area contributed by atoms with Gasteiger partial charge in [0.2, 0.25) is 0 Å². The van der Waals surface area contributed by atoms with E-state index in [9.17, 15) is 22.8 Å². The number of nitrogens with zero attached hydrogens (tertiary/aromatic N) is 4. The van der Waals surface area contributed by atoms with Gasteiger partial charge in [-0.2, -0.15) is 13.2 Å². The highest BCUT2D eigenvalue weighted by Gasteiger charge is 2.45. The first kappa shape index (κ1) is 22.8. The van der Waals surface area contributed by atoms with Crippen molar-refractivity contribution in [2.45, 2.75) is 12.2 Å². The van der Waals surface area contributed by atoms with Crippen molar-refractivity contribution in [3.05, 3.63) is 78.8 Å². The molecule has 2 aromatic carbocycles. The molecule has 37 heavy (non-hydrogen) atoms. The summed E-state index contributed by atoms with van der Waals surface area (Å²) in [5.41, 5.74) is 1.42. The summed E-state index contributed by atoms with van der Waals surface area (Å²) in [6.07, 6.45) is -1.66. The number of urea groups is 1. The second kappa shape index (κ2) is 8.47. The van der Waals surface area contributed by atoms with Gasteiger partial charge >= 0.3 is 12.2 Å². The Morgan fingerprint density at radius 3 is 2.65 bits per heavy atom. The number of anilines is 3. The molecule has 1 atom stereocenters. The van der Waals surface area contributed by atoms with Crippen LogP contribution < -0.4 is 15.1 Å². The molecule has 11 heteroatoms. The van der Waals surface area contributed by atoms with Crippen LogP contribution in [0.5, 0.6) is 0 Å². The third kappa shape index (κ3) is 4.07. The molecule has 8 nitrogen and oxygen atoms in total. The van der Waals surface area contributed by atoms with Gasteiger partial charge in [0.05, 0.1) is 29.7 Å². The Balaban J connectivity index is 1.37. The van der Waals surface area contributed by atoms with Gasteiger partial charge in [-0.1, -0.05) is 24.3 Å². The number of hydrogen-bond acceptors (Lipinski definition) is 6. The van der Waals surface area contributed by atoms with E-state index in [0.717, 1.165) is 12.1 Å². The molecule has 4 aromatic rings.